The van der Waals surface area contributed by atoms with E-state index in [1.54, 1.807) is 0 Å². The number of aliphatic carboxylic acids is 1. The number of nitrogens with zero attached hydrogens (tertiary/aromatic N) is 1. The first-order valence-corrected chi connectivity index (χ1v) is 5.71. The Bertz CT molecular complexity index is 361. The molecule has 9 heteroatoms. The number of carbonyl (C=O) groups is 3. The second-order valence-corrected chi connectivity index (χ2v) is 3.92. The van der Waals surface area contributed by atoms with E-state index < -0.39 is 36.6 Å². The summed E-state index contributed by atoms with van der Waals surface area (Å²) in [6.07, 6.45) is 0. The third-order valence-electron chi connectivity index (χ3n) is 2.72. The number of rotatable bonds is 4. The Labute approximate surface area is 109 Å². The second-order valence-electron chi connectivity index (χ2n) is 3.92. The van der Waals surface area contributed by atoms with Crippen LogP contribution in [0.25, 0.3) is 0 Å². The second kappa shape index (κ2) is 6.90. The summed E-state index contributed by atoms with van der Waals surface area (Å²) >= 11 is 0. The zero-order chi connectivity index (χ0) is 14.4. The Morgan fingerprint density at radius 2 is 2.16 bits per heavy atom. The summed E-state index contributed by atoms with van der Waals surface area (Å²) < 4.78 is 5.12. The summed E-state index contributed by atoms with van der Waals surface area (Å²) in [5.41, 5.74) is 0. The normalized spacial score (nSPS) is 20.5. The average Bonchev–Trinajstić information content (AvgIpc) is 2.43. The lowest BCUT2D eigenvalue weighted by Crippen LogP contribution is -2.60. The van der Waals surface area contributed by atoms with Crippen LogP contribution in [0.5, 0.6) is 0 Å². The van der Waals surface area contributed by atoms with Crippen LogP contribution in [0.1, 0.15) is 0 Å². The molecule has 1 rings (SSSR count). The van der Waals surface area contributed by atoms with E-state index in [1.165, 1.54) is 11.9 Å². The van der Waals surface area contributed by atoms with E-state index in [4.69, 9.17) is 14.9 Å². The number of ether oxygens (including phenoxy) is 1. The quantitative estimate of drug-likeness (QED) is 0.452. The van der Waals surface area contributed by atoms with E-state index in [9.17, 15) is 14.4 Å². The summed E-state index contributed by atoms with van der Waals surface area (Å²) in [6, 6.07) is -2.94. The van der Waals surface area contributed by atoms with Crippen molar-refractivity contribution in [3.8, 4) is 0 Å². The maximum Gasteiger partial charge on any atom is 0.328 e. The molecule has 2 unspecified atom stereocenters. The highest BCUT2D eigenvalue weighted by Crippen LogP contribution is 2.07. The van der Waals surface area contributed by atoms with Crippen molar-refractivity contribution < 1.29 is 29.3 Å². The molecule has 0 aliphatic carbocycles. The van der Waals surface area contributed by atoms with E-state index >= 15 is 0 Å². The monoisotopic (exact) mass is 275 g/mol. The van der Waals surface area contributed by atoms with Gasteiger partial charge in [-0.15, -0.1) is 0 Å². The van der Waals surface area contributed by atoms with Gasteiger partial charge < -0.3 is 30.5 Å². The molecule has 0 aromatic heterocycles. The van der Waals surface area contributed by atoms with E-state index in [2.05, 4.69) is 10.6 Å². The van der Waals surface area contributed by atoms with Gasteiger partial charge in [0.2, 0.25) is 5.91 Å². The number of hydrogen-bond donors (Lipinski definition) is 4. The molecule has 4 N–H and O–H groups in total. The predicted octanol–water partition coefficient (Wildman–Crippen LogP) is -2.41. The molecule has 0 bridgehead atoms. The summed E-state index contributed by atoms with van der Waals surface area (Å²) in [7, 11) is 1.43. The van der Waals surface area contributed by atoms with Crippen molar-refractivity contribution in [1.82, 2.24) is 15.5 Å². The molecule has 3 amide bonds. The van der Waals surface area contributed by atoms with Crippen molar-refractivity contribution in [1.29, 1.82) is 0 Å². The number of carboxylic acid groups (broad SMARTS) is 1. The zero-order valence-corrected chi connectivity index (χ0v) is 10.5. The van der Waals surface area contributed by atoms with E-state index in [0.29, 0.717) is 0 Å². The highest BCUT2D eigenvalue weighted by atomic mass is 16.5. The van der Waals surface area contributed by atoms with Crippen molar-refractivity contribution in [3.05, 3.63) is 0 Å². The minimum absolute atomic E-state index is 0.0456. The lowest BCUT2D eigenvalue weighted by Gasteiger charge is -2.34. The third-order valence-corrected chi connectivity index (χ3v) is 2.72. The molecule has 19 heavy (non-hydrogen) atoms. The van der Waals surface area contributed by atoms with Gasteiger partial charge in [0.15, 0.2) is 6.04 Å². The molecule has 1 aliphatic heterocycles. The fourth-order valence-corrected chi connectivity index (χ4v) is 1.65. The molecule has 108 valence electrons. The van der Waals surface area contributed by atoms with Gasteiger partial charge in [0.1, 0.15) is 6.04 Å². The van der Waals surface area contributed by atoms with E-state index in [-0.39, 0.29) is 19.8 Å². The van der Waals surface area contributed by atoms with E-state index in [1.807, 2.05) is 0 Å². The van der Waals surface area contributed by atoms with Gasteiger partial charge in [0, 0.05) is 13.6 Å². The fourth-order valence-electron chi connectivity index (χ4n) is 1.65. The number of hydrogen-bond acceptors (Lipinski definition) is 5. The van der Waals surface area contributed by atoms with Gasteiger partial charge in [-0.3, -0.25) is 4.79 Å². The molecular formula is C10H17N3O6. The number of likely N-dealkylation sites (N-methyl/N-ethyl adjacent to an activating group) is 1. The first-order chi connectivity index (χ1) is 9.01. The molecule has 0 saturated carbocycles. The summed E-state index contributed by atoms with van der Waals surface area (Å²) in [4.78, 5) is 35.4. The number of aliphatic hydroxyl groups is 1. The number of morpholine rings is 1. The van der Waals surface area contributed by atoms with Gasteiger partial charge in [-0.25, -0.2) is 9.59 Å². The topological polar surface area (TPSA) is 128 Å². The minimum Gasteiger partial charge on any atom is -0.480 e. The predicted molar refractivity (Wildman–Crippen MR) is 62.4 cm³/mol. The molecule has 1 aliphatic rings. The van der Waals surface area contributed by atoms with Crippen LogP contribution < -0.4 is 10.6 Å². The average molecular weight is 275 g/mol. The first-order valence-electron chi connectivity index (χ1n) is 5.71. The smallest absolute Gasteiger partial charge is 0.328 e. The maximum atomic E-state index is 11.9. The molecule has 1 saturated heterocycles. The zero-order valence-electron chi connectivity index (χ0n) is 10.5. The molecule has 1 fully saturated rings. The van der Waals surface area contributed by atoms with Crippen molar-refractivity contribution in [2.45, 2.75) is 12.1 Å². The number of amides is 3. The van der Waals surface area contributed by atoms with Crippen LogP contribution in [0, 0.1) is 0 Å². The highest BCUT2D eigenvalue weighted by molar-refractivity contribution is 5.89. The number of urea groups is 1. The third kappa shape index (κ3) is 3.80. The van der Waals surface area contributed by atoms with Crippen LogP contribution in [0.15, 0.2) is 0 Å². The standard InChI is InChI=1S/C10H17N3O6/c1-11-8(15)7-5-19-3-2-13(7)10(18)12-6(4-14)9(16)17/h6-7,14H,2-5H2,1H3,(H,11,15)(H,12,18)(H,16,17). The van der Waals surface area contributed by atoms with E-state index in [0.717, 1.165) is 0 Å². The van der Waals surface area contributed by atoms with Crippen molar-refractivity contribution >= 4 is 17.9 Å². The Morgan fingerprint density at radius 3 is 2.68 bits per heavy atom. The number of carboxylic acids is 1. The van der Waals surface area contributed by atoms with Gasteiger partial charge in [-0.1, -0.05) is 0 Å². The molecule has 0 radical (unpaired) electrons. The molecule has 9 nitrogen and oxygen atoms in total. The lowest BCUT2D eigenvalue weighted by molar-refractivity contribution is -0.140. The summed E-state index contributed by atoms with van der Waals surface area (Å²) in [5, 5.41) is 22.1. The molecule has 0 aromatic carbocycles. The molecule has 0 spiro atoms. The number of nitrogens with one attached hydrogen (secondary N) is 2. The van der Waals surface area contributed by atoms with Crippen LogP contribution >= 0.6 is 0 Å². The summed E-state index contributed by atoms with van der Waals surface area (Å²) in [5.74, 6) is -1.74. The molecule has 1 heterocycles. The Morgan fingerprint density at radius 1 is 1.47 bits per heavy atom. The molecular weight excluding hydrogens is 258 g/mol. The maximum absolute atomic E-state index is 11.9. The van der Waals surface area contributed by atoms with Gasteiger partial charge >= 0.3 is 12.0 Å². The number of carbonyl (C=O) groups excluding carboxylic acids is 2. The first kappa shape index (κ1) is 15.2. The van der Waals surface area contributed by atoms with Gasteiger partial charge in [-0.2, -0.15) is 0 Å². The van der Waals surface area contributed by atoms with Crippen LogP contribution in [0.2, 0.25) is 0 Å². The molecule has 0 aromatic rings. The fraction of sp³-hybridized carbons (Fsp3) is 0.700. The van der Waals surface area contributed by atoms with Gasteiger partial charge in [0.25, 0.3) is 0 Å². The lowest BCUT2D eigenvalue weighted by atomic mass is 10.2. The summed E-state index contributed by atoms with van der Waals surface area (Å²) in [6.45, 7) is -0.251. The van der Waals surface area contributed by atoms with Gasteiger partial charge in [-0.05, 0) is 0 Å². The Kier molecular flexibility index (Phi) is 5.52. The largest absolute Gasteiger partial charge is 0.480 e. The van der Waals surface area contributed by atoms with Crippen molar-refractivity contribution in [2.75, 3.05) is 33.4 Å². The van der Waals surface area contributed by atoms with Gasteiger partial charge in [0.05, 0.1) is 19.8 Å². The van der Waals surface area contributed by atoms with Crippen LogP contribution in [-0.4, -0.2) is 78.5 Å². The van der Waals surface area contributed by atoms with Crippen LogP contribution in [-0.2, 0) is 14.3 Å². The number of aliphatic hydroxyl groups excluding tert-OH is 1. The van der Waals surface area contributed by atoms with Crippen molar-refractivity contribution in [3.63, 3.8) is 0 Å². The molecule has 2 atom stereocenters. The van der Waals surface area contributed by atoms with Crippen molar-refractivity contribution in [2.24, 2.45) is 0 Å². The highest BCUT2D eigenvalue weighted by Gasteiger charge is 2.33. The SMILES string of the molecule is CNC(=O)C1COCCN1C(=O)NC(CO)C(=O)O. The minimum atomic E-state index is -1.40. The Hall–Kier alpha value is -1.87. The van der Waals surface area contributed by atoms with Crippen LogP contribution in [0.3, 0.4) is 0 Å². The Balaban J connectivity index is 2.71. The van der Waals surface area contributed by atoms with Crippen LogP contribution in [0.4, 0.5) is 4.79 Å².